The highest BCUT2D eigenvalue weighted by atomic mass is 16.5. The van der Waals surface area contributed by atoms with Crippen molar-refractivity contribution < 1.29 is 14.3 Å². The van der Waals surface area contributed by atoms with E-state index in [9.17, 15) is 9.59 Å². The van der Waals surface area contributed by atoms with Crippen LogP contribution >= 0.6 is 0 Å². The Hall–Kier alpha value is -3.81. The van der Waals surface area contributed by atoms with Crippen LogP contribution in [-0.2, 0) is 11.3 Å². The number of carbonyl (C=O) groups excluding carboxylic acids is 2. The standard InChI is InChI=1S/C20H19N5O3/c1-2-28-19(27)15-3-5-16(6-4-15)24-18(26)17-9-12-22-20(25-17)23-13-14-7-10-21-11-8-14/h3-12H,2,13H2,1H3,(H,24,26)(H,22,23,25). The smallest absolute Gasteiger partial charge is 0.338 e. The molecule has 3 aromatic rings. The summed E-state index contributed by atoms with van der Waals surface area (Å²) in [5.74, 6) is -0.429. The molecule has 0 aliphatic carbocycles. The summed E-state index contributed by atoms with van der Waals surface area (Å²) in [6.45, 7) is 2.57. The number of hydrogen-bond donors (Lipinski definition) is 2. The van der Waals surface area contributed by atoms with Gasteiger partial charge in [-0.05, 0) is 55.0 Å². The Kier molecular flexibility index (Phi) is 6.25. The summed E-state index contributed by atoms with van der Waals surface area (Å²) < 4.78 is 4.93. The lowest BCUT2D eigenvalue weighted by atomic mass is 10.2. The third-order valence-electron chi connectivity index (χ3n) is 3.74. The van der Waals surface area contributed by atoms with E-state index in [1.54, 1.807) is 43.6 Å². The third kappa shape index (κ3) is 5.10. The van der Waals surface area contributed by atoms with Crippen molar-refractivity contribution >= 4 is 23.5 Å². The lowest BCUT2D eigenvalue weighted by Crippen LogP contribution is -2.15. The summed E-state index contributed by atoms with van der Waals surface area (Å²) >= 11 is 0. The maximum atomic E-state index is 12.4. The Morgan fingerprint density at radius 2 is 1.75 bits per heavy atom. The summed E-state index contributed by atoms with van der Waals surface area (Å²) in [5, 5.41) is 5.81. The summed E-state index contributed by atoms with van der Waals surface area (Å²) in [6.07, 6.45) is 4.92. The van der Waals surface area contributed by atoms with Crippen molar-refractivity contribution in [2.45, 2.75) is 13.5 Å². The molecule has 142 valence electrons. The van der Waals surface area contributed by atoms with Crippen LogP contribution in [0, 0.1) is 0 Å². The topological polar surface area (TPSA) is 106 Å². The van der Waals surface area contributed by atoms with Crippen molar-refractivity contribution in [3.05, 3.63) is 77.9 Å². The van der Waals surface area contributed by atoms with E-state index in [0.29, 0.717) is 30.4 Å². The summed E-state index contributed by atoms with van der Waals surface area (Å²) in [6, 6.07) is 11.7. The Labute approximate surface area is 162 Å². The molecule has 0 fully saturated rings. The fraction of sp³-hybridized carbons (Fsp3) is 0.150. The van der Waals surface area contributed by atoms with E-state index < -0.39 is 5.97 Å². The van der Waals surface area contributed by atoms with Crippen molar-refractivity contribution in [3.63, 3.8) is 0 Å². The van der Waals surface area contributed by atoms with Crippen molar-refractivity contribution in [2.24, 2.45) is 0 Å². The van der Waals surface area contributed by atoms with Crippen molar-refractivity contribution in [2.75, 3.05) is 17.2 Å². The van der Waals surface area contributed by atoms with Gasteiger partial charge in [0.1, 0.15) is 5.69 Å². The van der Waals surface area contributed by atoms with Crippen molar-refractivity contribution in [3.8, 4) is 0 Å². The zero-order valence-electron chi connectivity index (χ0n) is 15.3. The maximum Gasteiger partial charge on any atom is 0.338 e. The quantitative estimate of drug-likeness (QED) is 0.610. The number of rotatable bonds is 7. The molecule has 8 heteroatoms. The van der Waals surface area contributed by atoms with Crippen LogP contribution in [-0.4, -0.2) is 33.4 Å². The molecular weight excluding hydrogens is 358 g/mol. The maximum absolute atomic E-state index is 12.4. The highest BCUT2D eigenvalue weighted by Crippen LogP contribution is 2.12. The normalized spacial score (nSPS) is 10.2. The van der Waals surface area contributed by atoms with Gasteiger partial charge >= 0.3 is 5.97 Å². The largest absolute Gasteiger partial charge is 0.462 e. The number of esters is 1. The van der Waals surface area contributed by atoms with Gasteiger partial charge in [-0.2, -0.15) is 0 Å². The number of pyridine rings is 1. The molecule has 2 N–H and O–H groups in total. The second kappa shape index (κ2) is 9.22. The number of anilines is 2. The van der Waals surface area contributed by atoms with Crippen LogP contribution in [0.4, 0.5) is 11.6 Å². The van der Waals surface area contributed by atoms with Gasteiger partial charge < -0.3 is 15.4 Å². The third-order valence-corrected chi connectivity index (χ3v) is 3.74. The fourth-order valence-corrected chi connectivity index (χ4v) is 2.35. The molecule has 0 unspecified atom stereocenters. The van der Waals surface area contributed by atoms with Crippen LogP contribution in [0.2, 0.25) is 0 Å². The minimum absolute atomic E-state index is 0.224. The fourth-order valence-electron chi connectivity index (χ4n) is 2.35. The zero-order valence-corrected chi connectivity index (χ0v) is 15.3. The highest BCUT2D eigenvalue weighted by molar-refractivity contribution is 6.03. The first-order chi connectivity index (χ1) is 13.7. The second-order valence-electron chi connectivity index (χ2n) is 5.73. The van der Waals surface area contributed by atoms with E-state index in [1.807, 2.05) is 12.1 Å². The molecule has 1 amide bonds. The van der Waals surface area contributed by atoms with Gasteiger partial charge in [-0.25, -0.2) is 14.8 Å². The van der Waals surface area contributed by atoms with Crippen LogP contribution in [0.15, 0.2) is 61.1 Å². The van der Waals surface area contributed by atoms with Crippen LogP contribution in [0.5, 0.6) is 0 Å². The number of nitrogens with zero attached hydrogens (tertiary/aromatic N) is 3. The van der Waals surface area contributed by atoms with Crippen molar-refractivity contribution in [1.29, 1.82) is 0 Å². The molecule has 0 aliphatic rings. The number of amides is 1. The average molecular weight is 377 g/mol. The number of nitrogens with one attached hydrogen (secondary N) is 2. The van der Waals surface area contributed by atoms with E-state index in [1.165, 1.54) is 12.3 Å². The van der Waals surface area contributed by atoms with Gasteiger partial charge in [0.25, 0.3) is 5.91 Å². The SMILES string of the molecule is CCOC(=O)c1ccc(NC(=O)c2ccnc(NCc3ccncc3)n2)cc1. The highest BCUT2D eigenvalue weighted by Gasteiger charge is 2.11. The first-order valence-electron chi connectivity index (χ1n) is 8.70. The number of benzene rings is 1. The van der Waals surface area contributed by atoms with Gasteiger partial charge in [0.15, 0.2) is 0 Å². The first kappa shape index (κ1) is 19.0. The molecule has 0 spiro atoms. The molecule has 8 nitrogen and oxygen atoms in total. The number of carbonyl (C=O) groups is 2. The number of ether oxygens (including phenoxy) is 1. The van der Waals surface area contributed by atoms with Gasteiger partial charge in [0.05, 0.1) is 12.2 Å². The Morgan fingerprint density at radius 3 is 2.46 bits per heavy atom. The zero-order chi connectivity index (χ0) is 19.8. The predicted octanol–water partition coefficient (Wildman–Crippen LogP) is 2.91. The van der Waals surface area contributed by atoms with Crippen molar-refractivity contribution in [1.82, 2.24) is 15.0 Å². The molecule has 28 heavy (non-hydrogen) atoms. The Morgan fingerprint density at radius 1 is 1.00 bits per heavy atom. The molecule has 0 radical (unpaired) electrons. The summed E-state index contributed by atoms with van der Waals surface area (Å²) in [7, 11) is 0. The molecule has 3 rings (SSSR count). The number of aromatic nitrogens is 3. The summed E-state index contributed by atoms with van der Waals surface area (Å²) in [5.41, 5.74) is 2.21. The van der Waals surface area contributed by atoms with E-state index in [2.05, 4.69) is 25.6 Å². The molecule has 0 saturated heterocycles. The van der Waals surface area contributed by atoms with E-state index in [4.69, 9.17) is 4.74 Å². The molecule has 2 aromatic heterocycles. The molecule has 0 bridgehead atoms. The van der Waals surface area contributed by atoms with Gasteiger partial charge in [0, 0.05) is 30.8 Å². The molecule has 0 saturated carbocycles. The van der Waals surface area contributed by atoms with Crippen LogP contribution < -0.4 is 10.6 Å². The van der Waals surface area contributed by atoms with Crippen LogP contribution in [0.1, 0.15) is 33.3 Å². The first-order valence-corrected chi connectivity index (χ1v) is 8.70. The molecule has 1 aromatic carbocycles. The molecule has 0 aliphatic heterocycles. The van der Waals surface area contributed by atoms with Gasteiger partial charge in [-0.3, -0.25) is 9.78 Å². The van der Waals surface area contributed by atoms with Crippen LogP contribution in [0.25, 0.3) is 0 Å². The molecule has 2 heterocycles. The average Bonchev–Trinajstić information content (AvgIpc) is 2.74. The lowest BCUT2D eigenvalue weighted by Gasteiger charge is -2.08. The van der Waals surface area contributed by atoms with Gasteiger partial charge in [-0.1, -0.05) is 0 Å². The van der Waals surface area contributed by atoms with Crippen LogP contribution in [0.3, 0.4) is 0 Å². The minimum Gasteiger partial charge on any atom is -0.462 e. The van der Waals surface area contributed by atoms with E-state index in [-0.39, 0.29) is 11.6 Å². The van der Waals surface area contributed by atoms with Gasteiger partial charge in [0.2, 0.25) is 5.95 Å². The predicted molar refractivity (Wildman–Crippen MR) is 104 cm³/mol. The Bertz CT molecular complexity index is 946. The minimum atomic E-state index is -0.402. The van der Waals surface area contributed by atoms with Gasteiger partial charge in [-0.15, -0.1) is 0 Å². The second-order valence-corrected chi connectivity index (χ2v) is 5.73. The van der Waals surface area contributed by atoms with E-state index >= 15 is 0 Å². The molecule has 0 atom stereocenters. The monoisotopic (exact) mass is 377 g/mol. The molecular formula is C20H19N5O3. The number of hydrogen-bond acceptors (Lipinski definition) is 7. The van der Waals surface area contributed by atoms with E-state index in [0.717, 1.165) is 5.56 Å². The Balaban J connectivity index is 1.62. The summed E-state index contributed by atoms with van der Waals surface area (Å²) in [4.78, 5) is 36.4. The lowest BCUT2D eigenvalue weighted by molar-refractivity contribution is 0.0526.